The van der Waals surface area contributed by atoms with Gasteiger partial charge in [-0.2, -0.15) is 0 Å². The van der Waals surface area contributed by atoms with Crippen LogP contribution in [-0.4, -0.2) is 23.3 Å². The lowest BCUT2D eigenvalue weighted by atomic mass is 9.86. The topological polar surface area (TPSA) is 38.7 Å². The first-order valence-electron chi connectivity index (χ1n) is 11.8. The quantitative estimate of drug-likeness (QED) is 0.374. The largest absolute Gasteiger partial charge is 0.458 e. The maximum absolute atomic E-state index is 13.3. The highest BCUT2D eigenvalue weighted by Gasteiger charge is 2.28. The second-order valence-electron chi connectivity index (χ2n) is 9.71. The van der Waals surface area contributed by atoms with Crippen LogP contribution in [0.1, 0.15) is 83.3 Å². The molecule has 2 aromatic carbocycles. The Balaban J connectivity index is 1.96. The third-order valence-electron chi connectivity index (χ3n) is 5.84. The molecule has 1 atom stereocenters. The Kier molecular flexibility index (Phi) is 8.45. The van der Waals surface area contributed by atoms with Crippen LogP contribution >= 0.6 is 0 Å². The Bertz CT molecular complexity index is 787. The van der Waals surface area contributed by atoms with Gasteiger partial charge >= 0.3 is 5.97 Å². The van der Waals surface area contributed by atoms with Crippen LogP contribution in [0.4, 0.5) is 0 Å². The third kappa shape index (κ3) is 7.65. The summed E-state index contributed by atoms with van der Waals surface area (Å²) in [7, 11) is 0. The number of carbonyl (C=O) groups is 1. The van der Waals surface area contributed by atoms with Gasteiger partial charge in [-0.15, -0.1) is 0 Å². The van der Waals surface area contributed by atoms with Crippen LogP contribution in [0.5, 0.6) is 0 Å². The van der Waals surface area contributed by atoms with Crippen molar-refractivity contribution in [3.63, 3.8) is 0 Å². The van der Waals surface area contributed by atoms with Gasteiger partial charge in [0.2, 0.25) is 0 Å². The lowest BCUT2D eigenvalue weighted by Gasteiger charge is -2.26. The Hall–Kier alpha value is -2.42. The maximum atomic E-state index is 13.3. The highest BCUT2D eigenvalue weighted by molar-refractivity contribution is 6.13. The van der Waals surface area contributed by atoms with Crippen LogP contribution in [0.25, 0.3) is 0 Å². The van der Waals surface area contributed by atoms with E-state index in [1.165, 1.54) is 44.9 Å². The van der Waals surface area contributed by atoms with Crippen molar-refractivity contribution in [2.45, 2.75) is 83.8 Å². The summed E-state index contributed by atoms with van der Waals surface area (Å²) in [4.78, 5) is 18.3. The van der Waals surface area contributed by atoms with E-state index in [2.05, 4.69) is 24.3 Å². The Morgan fingerprint density at radius 2 is 1.35 bits per heavy atom. The zero-order valence-electron chi connectivity index (χ0n) is 19.3. The highest BCUT2D eigenvalue weighted by Crippen LogP contribution is 2.28. The lowest BCUT2D eigenvalue weighted by molar-refractivity contribution is -0.156. The summed E-state index contributed by atoms with van der Waals surface area (Å²) in [5.41, 5.74) is 2.40. The van der Waals surface area contributed by atoms with Crippen molar-refractivity contribution in [2.24, 2.45) is 10.9 Å². The molecule has 1 aliphatic rings. The molecular weight excluding hydrogens is 382 g/mol. The van der Waals surface area contributed by atoms with E-state index in [0.717, 1.165) is 23.3 Å². The molecule has 3 nitrogen and oxygen atoms in total. The summed E-state index contributed by atoms with van der Waals surface area (Å²) < 4.78 is 5.82. The summed E-state index contributed by atoms with van der Waals surface area (Å²) in [5, 5.41) is 0. The van der Waals surface area contributed by atoms with Crippen molar-refractivity contribution in [3.05, 3.63) is 71.8 Å². The van der Waals surface area contributed by atoms with E-state index in [-0.39, 0.29) is 5.97 Å². The zero-order chi connectivity index (χ0) is 22.1. The van der Waals surface area contributed by atoms with E-state index in [1.807, 2.05) is 57.2 Å². The van der Waals surface area contributed by atoms with Crippen molar-refractivity contribution < 1.29 is 9.53 Å². The molecule has 0 radical (unpaired) electrons. The summed E-state index contributed by atoms with van der Waals surface area (Å²) in [5.74, 6) is 0.313. The minimum Gasteiger partial charge on any atom is -0.458 e. The number of carbonyl (C=O) groups excluding carboxylic acids is 1. The van der Waals surface area contributed by atoms with Crippen molar-refractivity contribution in [1.29, 1.82) is 0 Å². The molecule has 0 aromatic heterocycles. The summed E-state index contributed by atoms with van der Waals surface area (Å²) in [6.45, 7) is 5.78. The first-order valence-corrected chi connectivity index (χ1v) is 11.8. The van der Waals surface area contributed by atoms with E-state index in [0.29, 0.717) is 5.92 Å². The molecule has 0 amide bonds. The minimum absolute atomic E-state index is 0.209. The van der Waals surface area contributed by atoms with E-state index >= 15 is 0 Å². The number of hydrogen-bond donors (Lipinski definition) is 0. The third-order valence-corrected chi connectivity index (χ3v) is 5.84. The smallest absolute Gasteiger partial charge is 0.331 e. The van der Waals surface area contributed by atoms with Gasteiger partial charge in [0.25, 0.3) is 0 Å². The Morgan fingerprint density at radius 1 is 0.871 bits per heavy atom. The molecule has 0 saturated heterocycles. The highest BCUT2D eigenvalue weighted by atomic mass is 16.6. The average molecular weight is 420 g/mol. The van der Waals surface area contributed by atoms with E-state index in [4.69, 9.17) is 9.73 Å². The molecule has 2 aromatic rings. The van der Waals surface area contributed by atoms with Gasteiger partial charge < -0.3 is 4.74 Å². The zero-order valence-corrected chi connectivity index (χ0v) is 19.3. The molecule has 3 heteroatoms. The number of nitrogens with zero attached hydrogens (tertiary/aromatic N) is 1. The van der Waals surface area contributed by atoms with Crippen LogP contribution in [0.3, 0.4) is 0 Å². The molecule has 166 valence electrons. The predicted octanol–water partition coefficient (Wildman–Crippen LogP) is 6.98. The van der Waals surface area contributed by atoms with Crippen LogP contribution in [0.2, 0.25) is 0 Å². The van der Waals surface area contributed by atoms with E-state index < -0.39 is 11.6 Å². The molecule has 31 heavy (non-hydrogen) atoms. The van der Waals surface area contributed by atoms with E-state index in [9.17, 15) is 4.79 Å². The van der Waals surface area contributed by atoms with Gasteiger partial charge in [-0.3, -0.25) is 4.99 Å². The summed E-state index contributed by atoms with van der Waals surface area (Å²) >= 11 is 0. The number of rotatable bonds is 6. The van der Waals surface area contributed by atoms with Crippen molar-refractivity contribution in [2.75, 3.05) is 0 Å². The second-order valence-corrected chi connectivity index (χ2v) is 9.71. The molecule has 0 N–H and O–H groups in total. The molecule has 0 bridgehead atoms. The first kappa shape index (κ1) is 23.2. The molecule has 3 rings (SSSR count). The Morgan fingerprint density at radius 3 is 1.84 bits per heavy atom. The molecule has 0 spiro atoms. The van der Waals surface area contributed by atoms with Crippen LogP contribution in [0.15, 0.2) is 65.7 Å². The molecule has 1 unspecified atom stereocenters. The minimum atomic E-state index is -0.522. The van der Waals surface area contributed by atoms with Crippen LogP contribution < -0.4 is 0 Å². The molecule has 1 fully saturated rings. The molecular formula is C28H37NO2. The van der Waals surface area contributed by atoms with Crippen molar-refractivity contribution >= 4 is 11.7 Å². The lowest BCUT2D eigenvalue weighted by Crippen LogP contribution is -2.33. The van der Waals surface area contributed by atoms with Gasteiger partial charge in [-0.05, 0) is 33.1 Å². The number of esters is 1. The molecule has 0 heterocycles. The summed E-state index contributed by atoms with van der Waals surface area (Å²) in [6, 6.07) is 19.9. The van der Waals surface area contributed by atoms with Crippen molar-refractivity contribution in [1.82, 2.24) is 0 Å². The predicted molar refractivity (Wildman–Crippen MR) is 129 cm³/mol. The van der Waals surface area contributed by atoms with Gasteiger partial charge in [0.05, 0.1) is 5.71 Å². The Labute approximate surface area is 187 Å². The van der Waals surface area contributed by atoms with E-state index in [1.54, 1.807) is 0 Å². The number of ether oxygens (including phenoxy) is 1. The van der Waals surface area contributed by atoms with Gasteiger partial charge in [0.15, 0.2) is 0 Å². The average Bonchev–Trinajstić information content (AvgIpc) is 2.72. The van der Waals surface area contributed by atoms with Gasteiger partial charge in [-0.1, -0.05) is 106 Å². The molecule has 1 aliphatic carbocycles. The van der Waals surface area contributed by atoms with Crippen LogP contribution in [0, 0.1) is 5.92 Å². The summed E-state index contributed by atoms with van der Waals surface area (Å²) in [6.07, 6.45) is 9.57. The number of benzene rings is 2. The first-order chi connectivity index (χ1) is 14.9. The fourth-order valence-electron chi connectivity index (χ4n) is 4.33. The number of aliphatic imine (C=N–C) groups is 1. The van der Waals surface area contributed by atoms with Crippen LogP contribution in [-0.2, 0) is 9.53 Å². The van der Waals surface area contributed by atoms with Gasteiger partial charge in [0.1, 0.15) is 11.6 Å². The maximum Gasteiger partial charge on any atom is 0.331 e. The standard InChI is InChI=1S/C28H37NO2/c1-28(2,3)31-27(30)25(21-22-15-9-5-4-6-10-16-22)29-26(23-17-11-7-12-18-23)24-19-13-8-14-20-24/h7-8,11-14,17-20,22,25H,4-6,9-10,15-16,21H2,1-3H3. The second kappa shape index (κ2) is 11.3. The SMILES string of the molecule is CC(C)(C)OC(=O)C(CC1CCCCCCC1)N=C(c1ccccc1)c1ccccc1. The van der Waals surface area contributed by atoms with Gasteiger partial charge in [-0.25, -0.2) is 4.79 Å². The van der Waals surface area contributed by atoms with Crippen molar-refractivity contribution in [3.8, 4) is 0 Å². The number of hydrogen-bond acceptors (Lipinski definition) is 3. The fraction of sp³-hybridized carbons (Fsp3) is 0.500. The van der Waals surface area contributed by atoms with Gasteiger partial charge in [0, 0.05) is 11.1 Å². The molecule has 1 saturated carbocycles. The molecule has 0 aliphatic heterocycles. The fourth-order valence-corrected chi connectivity index (χ4v) is 4.33. The monoisotopic (exact) mass is 419 g/mol. The normalized spacial score (nSPS) is 16.6.